The van der Waals surface area contributed by atoms with E-state index in [2.05, 4.69) is 5.32 Å². The molecule has 1 aromatic heterocycles. The van der Waals surface area contributed by atoms with Crippen LogP contribution in [0.25, 0.3) is 0 Å². The summed E-state index contributed by atoms with van der Waals surface area (Å²) in [5.41, 5.74) is 1.79. The summed E-state index contributed by atoms with van der Waals surface area (Å²) >= 11 is 7.54. The van der Waals surface area contributed by atoms with Gasteiger partial charge in [0.15, 0.2) is 0 Å². The molecule has 0 aliphatic heterocycles. The fraction of sp³-hybridized carbons (Fsp3) is 0.0909. The van der Waals surface area contributed by atoms with E-state index in [0.29, 0.717) is 11.6 Å². The minimum absolute atomic E-state index is 0.262. The number of thiophene rings is 1. The van der Waals surface area contributed by atoms with Gasteiger partial charge in [-0.3, -0.25) is 0 Å². The molecular formula is C11H9ClFNS. The summed E-state index contributed by atoms with van der Waals surface area (Å²) in [6.45, 7) is 0.535. The predicted molar refractivity (Wildman–Crippen MR) is 63.1 cm³/mol. The largest absolute Gasteiger partial charge is 0.380 e. The molecule has 1 aromatic carbocycles. The molecule has 2 aromatic rings. The van der Waals surface area contributed by atoms with Crippen LogP contribution in [0.15, 0.2) is 35.0 Å². The summed E-state index contributed by atoms with van der Waals surface area (Å²) in [5, 5.41) is 7.73. The average Bonchev–Trinajstić information content (AvgIpc) is 2.72. The molecule has 0 saturated carbocycles. The topological polar surface area (TPSA) is 12.0 Å². The fourth-order valence-electron chi connectivity index (χ4n) is 1.24. The first-order valence-corrected chi connectivity index (χ1v) is 5.78. The molecule has 1 nitrogen and oxygen atoms in total. The van der Waals surface area contributed by atoms with Gasteiger partial charge in [0.1, 0.15) is 5.82 Å². The lowest BCUT2D eigenvalue weighted by molar-refractivity contribution is 0.626. The summed E-state index contributed by atoms with van der Waals surface area (Å²) in [5.74, 6) is -0.262. The Kier molecular flexibility index (Phi) is 3.23. The third-order valence-electron chi connectivity index (χ3n) is 2.01. The first-order chi connectivity index (χ1) is 7.25. The van der Waals surface area contributed by atoms with Crippen molar-refractivity contribution in [3.8, 4) is 0 Å². The number of benzene rings is 1. The van der Waals surface area contributed by atoms with Crippen molar-refractivity contribution in [3.05, 3.63) is 51.4 Å². The van der Waals surface area contributed by atoms with E-state index in [9.17, 15) is 4.39 Å². The predicted octanol–water partition coefficient (Wildman–Crippen LogP) is 4.15. The number of hydrogen-bond acceptors (Lipinski definition) is 2. The molecule has 78 valence electrons. The molecule has 0 radical (unpaired) electrons. The van der Waals surface area contributed by atoms with Crippen LogP contribution in [0.5, 0.6) is 0 Å². The van der Waals surface area contributed by atoms with Gasteiger partial charge in [0.05, 0.1) is 0 Å². The zero-order valence-corrected chi connectivity index (χ0v) is 9.41. The Bertz CT molecular complexity index is 442. The van der Waals surface area contributed by atoms with Crippen molar-refractivity contribution < 1.29 is 4.39 Å². The van der Waals surface area contributed by atoms with Crippen LogP contribution in [-0.4, -0.2) is 0 Å². The van der Waals surface area contributed by atoms with E-state index in [1.54, 1.807) is 17.4 Å². The highest BCUT2D eigenvalue weighted by Crippen LogP contribution is 2.19. The van der Waals surface area contributed by atoms with Gasteiger partial charge in [-0.15, -0.1) is 0 Å². The highest BCUT2D eigenvalue weighted by atomic mass is 35.5. The fourth-order valence-corrected chi connectivity index (χ4v) is 2.04. The van der Waals surface area contributed by atoms with Gasteiger partial charge in [0, 0.05) is 22.6 Å². The minimum atomic E-state index is -0.262. The van der Waals surface area contributed by atoms with Gasteiger partial charge in [-0.25, -0.2) is 4.39 Å². The molecule has 1 heterocycles. The van der Waals surface area contributed by atoms with Crippen LogP contribution >= 0.6 is 22.9 Å². The number of halogens is 2. The van der Waals surface area contributed by atoms with Crippen molar-refractivity contribution in [2.24, 2.45) is 0 Å². The van der Waals surface area contributed by atoms with Crippen LogP contribution in [0.1, 0.15) is 5.56 Å². The second-order valence-electron chi connectivity index (χ2n) is 3.10. The maximum Gasteiger partial charge on any atom is 0.123 e. The molecule has 0 aliphatic carbocycles. The molecule has 0 unspecified atom stereocenters. The van der Waals surface area contributed by atoms with Crippen LogP contribution in [-0.2, 0) is 6.54 Å². The van der Waals surface area contributed by atoms with E-state index < -0.39 is 0 Å². The number of hydrogen-bond donors (Lipinski definition) is 1. The van der Waals surface area contributed by atoms with E-state index in [0.717, 1.165) is 11.3 Å². The highest BCUT2D eigenvalue weighted by molar-refractivity contribution is 7.08. The second kappa shape index (κ2) is 4.64. The van der Waals surface area contributed by atoms with Gasteiger partial charge >= 0.3 is 0 Å². The van der Waals surface area contributed by atoms with E-state index in [4.69, 9.17) is 11.6 Å². The Morgan fingerprint density at radius 3 is 2.93 bits per heavy atom. The van der Waals surface area contributed by atoms with Crippen molar-refractivity contribution in [2.45, 2.75) is 6.54 Å². The standard InChI is InChI=1S/C11H9ClFNS/c12-11-2-1-9(13)5-8(11)6-14-10-3-4-15-7-10/h1-5,7,14H,6H2. The summed E-state index contributed by atoms with van der Waals surface area (Å²) < 4.78 is 12.9. The second-order valence-corrected chi connectivity index (χ2v) is 4.29. The van der Waals surface area contributed by atoms with Crippen molar-refractivity contribution in [2.75, 3.05) is 5.32 Å². The lowest BCUT2D eigenvalue weighted by Crippen LogP contribution is -1.99. The van der Waals surface area contributed by atoms with E-state index in [1.807, 2.05) is 16.8 Å². The highest BCUT2D eigenvalue weighted by Gasteiger charge is 2.01. The van der Waals surface area contributed by atoms with Gasteiger partial charge in [0.2, 0.25) is 0 Å². The lowest BCUT2D eigenvalue weighted by atomic mass is 10.2. The summed E-state index contributed by atoms with van der Waals surface area (Å²) in [6, 6.07) is 6.34. The molecule has 0 fully saturated rings. The molecule has 0 aliphatic rings. The van der Waals surface area contributed by atoms with Crippen LogP contribution < -0.4 is 5.32 Å². The molecule has 0 saturated heterocycles. The third kappa shape index (κ3) is 2.70. The molecule has 1 N–H and O–H groups in total. The number of nitrogens with one attached hydrogen (secondary N) is 1. The molecule has 15 heavy (non-hydrogen) atoms. The van der Waals surface area contributed by atoms with Gasteiger partial charge in [-0.2, -0.15) is 11.3 Å². The number of anilines is 1. The van der Waals surface area contributed by atoms with Gasteiger partial charge in [-0.1, -0.05) is 11.6 Å². The van der Waals surface area contributed by atoms with Crippen molar-refractivity contribution in [1.82, 2.24) is 0 Å². The van der Waals surface area contributed by atoms with Crippen molar-refractivity contribution >= 4 is 28.6 Å². The zero-order chi connectivity index (χ0) is 10.7. The Labute approximate surface area is 96.5 Å². The summed E-state index contributed by atoms with van der Waals surface area (Å²) in [6.07, 6.45) is 0. The molecular weight excluding hydrogens is 233 g/mol. The van der Waals surface area contributed by atoms with Gasteiger partial charge in [0.25, 0.3) is 0 Å². The molecule has 0 amide bonds. The summed E-state index contributed by atoms with van der Waals surface area (Å²) in [7, 11) is 0. The Morgan fingerprint density at radius 2 is 2.20 bits per heavy atom. The normalized spacial score (nSPS) is 10.3. The molecule has 2 rings (SSSR count). The van der Waals surface area contributed by atoms with E-state index in [-0.39, 0.29) is 5.82 Å². The molecule has 0 spiro atoms. The van der Waals surface area contributed by atoms with E-state index >= 15 is 0 Å². The maximum absolute atomic E-state index is 12.9. The Morgan fingerprint density at radius 1 is 1.33 bits per heavy atom. The van der Waals surface area contributed by atoms with Crippen molar-refractivity contribution in [3.63, 3.8) is 0 Å². The molecule has 4 heteroatoms. The Balaban J connectivity index is 2.07. The van der Waals surface area contributed by atoms with Crippen LogP contribution in [0, 0.1) is 5.82 Å². The van der Waals surface area contributed by atoms with Crippen molar-refractivity contribution in [1.29, 1.82) is 0 Å². The third-order valence-corrected chi connectivity index (χ3v) is 3.06. The number of rotatable bonds is 3. The first-order valence-electron chi connectivity index (χ1n) is 4.46. The smallest absolute Gasteiger partial charge is 0.123 e. The summed E-state index contributed by atoms with van der Waals surface area (Å²) in [4.78, 5) is 0. The van der Waals surface area contributed by atoms with E-state index in [1.165, 1.54) is 12.1 Å². The zero-order valence-electron chi connectivity index (χ0n) is 7.84. The maximum atomic E-state index is 12.9. The SMILES string of the molecule is Fc1ccc(Cl)c(CNc2ccsc2)c1. The van der Waals surface area contributed by atoms with Crippen LogP contribution in [0.4, 0.5) is 10.1 Å². The average molecular weight is 242 g/mol. The lowest BCUT2D eigenvalue weighted by Gasteiger charge is -2.06. The first kappa shape index (κ1) is 10.5. The van der Waals surface area contributed by atoms with Gasteiger partial charge in [-0.05, 0) is 35.2 Å². The minimum Gasteiger partial charge on any atom is -0.380 e. The monoisotopic (exact) mass is 241 g/mol. The molecule has 0 atom stereocenters. The van der Waals surface area contributed by atoms with Crippen LogP contribution in [0.3, 0.4) is 0 Å². The molecule has 0 bridgehead atoms. The van der Waals surface area contributed by atoms with Crippen LogP contribution in [0.2, 0.25) is 5.02 Å². The Hall–Kier alpha value is -1.06. The quantitative estimate of drug-likeness (QED) is 0.851. The van der Waals surface area contributed by atoms with Gasteiger partial charge < -0.3 is 5.32 Å².